The van der Waals surface area contributed by atoms with Gasteiger partial charge in [-0.3, -0.25) is 0 Å². The first-order chi connectivity index (χ1) is 8.61. The Labute approximate surface area is 107 Å². The van der Waals surface area contributed by atoms with Crippen molar-refractivity contribution < 1.29 is 9.90 Å². The molecular weight excluding hydrogens is 228 g/mol. The molecule has 0 bridgehead atoms. The Bertz CT molecular complexity index is 441. The van der Waals surface area contributed by atoms with Crippen LogP contribution in [0.25, 0.3) is 0 Å². The molecule has 1 atom stereocenters. The molecule has 1 fully saturated rings. The molecule has 1 aliphatic rings. The van der Waals surface area contributed by atoms with Crippen LogP contribution < -0.4 is 11.1 Å². The summed E-state index contributed by atoms with van der Waals surface area (Å²) in [5.74, 6) is -0.133. The van der Waals surface area contributed by atoms with Crippen molar-refractivity contribution in [2.75, 3.05) is 11.1 Å². The van der Waals surface area contributed by atoms with Crippen molar-refractivity contribution in [1.29, 1.82) is 0 Å². The summed E-state index contributed by atoms with van der Waals surface area (Å²) in [5, 5.41) is 12.5. The summed E-state index contributed by atoms with van der Waals surface area (Å²) < 4.78 is 0. The molecule has 1 unspecified atom stereocenters. The van der Waals surface area contributed by atoms with Crippen molar-refractivity contribution in [3.63, 3.8) is 0 Å². The van der Waals surface area contributed by atoms with Crippen molar-refractivity contribution in [3.05, 3.63) is 23.8 Å². The van der Waals surface area contributed by atoms with E-state index in [0.717, 1.165) is 18.8 Å². The average molecular weight is 248 g/mol. The van der Waals surface area contributed by atoms with Gasteiger partial charge in [-0.2, -0.15) is 0 Å². The van der Waals surface area contributed by atoms with Crippen LogP contribution in [0.3, 0.4) is 0 Å². The fourth-order valence-corrected chi connectivity index (χ4v) is 2.20. The number of para-hydroxylation sites is 1. The van der Waals surface area contributed by atoms with E-state index in [9.17, 15) is 9.90 Å². The van der Waals surface area contributed by atoms with Crippen molar-refractivity contribution in [2.45, 2.75) is 38.6 Å². The summed E-state index contributed by atoms with van der Waals surface area (Å²) in [5.41, 5.74) is 7.21. The van der Waals surface area contributed by atoms with Crippen LogP contribution in [0.15, 0.2) is 18.2 Å². The van der Waals surface area contributed by atoms with E-state index in [4.69, 9.17) is 5.73 Å². The van der Waals surface area contributed by atoms with Gasteiger partial charge >= 0.3 is 5.97 Å². The van der Waals surface area contributed by atoms with Crippen LogP contribution in [-0.2, 0) is 0 Å². The molecule has 4 heteroatoms. The summed E-state index contributed by atoms with van der Waals surface area (Å²) in [7, 11) is 0. The van der Waals surface area contributed by atoms with E-state index in [-0.39, 0.29) is 5.56 Å². The lowest BCUT2D eigenvalue weighted by Crippen LogP contribution is -2.21. The largest absolute Gasteiger partial charge is 0.478 e. The third kappa shape index (κ3) is 2.94. The molecule has 0 heterocycles. The number of carboxylic acid groups (broad SMARTS) is 1. The van der Waals surface area contributed by atoms with Gasteiger partial charge < -0.3 is 16.2 Å². The molecule has 1 aliphatic carbocycles. The van der Waals surface area contributed by atoms with Crippen LogP contribution in [0.5, 0.6) is 0 Å². The van der Waals surface area contributed by atoms with Gasteiger partial charge in [0.05, 0.1) is 16.9 Å². The normalized spacial score (nSPS) is 16.3. The van der Waals surface area contributed by atoms with E-state index in [1.165, 1.54) is 12.8 Å². The second-order valence-electron chi connectivity index (χ2n) is 5.00. The molecule has 98 valence electrons. The number of carboxylic acids is 1. The zero-order valence-corrected chi connectivity index (χ0v) is 10.6. The van der Waals surface area contributed by atoms with Crippen molar-refractivity contribution in [1.82, 2.24) is 0 Å². The van der Waals surface area contributed by atoms with Gasteiger partial charge in [0.2, 0.25) is 0 Å². The van der Waals surface area contributed by atoms with Crippen molar-refractivity contribution in [2.24, 2.45) is 5.92 Å². The molecule has 1 aromatic rings. The van der Waals surface area contributed by atoms with Crippen LogP contribution in [0.1, 0.15) is 43.0 Å². The van der Waals surface area contributed by atoms with E-state index < -0.39 is 5.97 Å². The minimum absolute atomic E-state index is 0.254. The second-order valence-corrected chi connectivity index (χ2v) is 5.00. The smallest absolute Gasteiger partial charge is 0.337 e. The first-order valence-corrected chi connectivity index (χ1v) is 6.50. The fourth-order valence-electron chi connectivity index (χ4n) is 2.20. The molecule has 0 aromatic heterocycles. The maximum absolute atomic E-state index is 11.2. The third-order valence-corrected chi connectivity index (χ3v) is 3.48. The lowest BCUT2D eigenvalue weighted by molar-refractivity contribution is 0.0698. The lowest BCUT2D eigenvalue weighted by Gasteiger charge is -2.20. The van der Waals surface area contributed by atoms with Crippen molar-refractivity contribution in [3.8, 4) is 0 Å². The topological polar surface area (TPSA) is 75.3 Å². The Hall–Kier alpha value is -1.71. The predicted molar refractivity (Wildman–Crippen MR) is 72.9 cm³/mol. The molecule has 4 nitrogen and oxygen atoms in total. The molecule has 1 saturated carbocycles. The monoisotopic (exact) mass is 248 g/mol. The molecule has 1 aromatic carbocycles. The minimum Gasteiger partial charge on any atom is -0.478 e. The predicted octanol–water partition coefficient (Wildman–Crippen LogP) is 2.96. The van der Waals surface area contributed by atoms with Crippen molar-refractivity contribution >= 4 is 17.3 Å². The molecule has 0 spiro atoms. The van der Waals surface area contributed by atoms with Gasteiger partial charge in [-0.05, 0) is 30.9 Å². The highest BCUT2D eigenvalue weighted by molar-refractivity contribution is 5.97. The number of nitrogen functional groups attached to an aromatic ring is 1. The number of anilines is 2. The summed E-state index contributed by atoms with van der Waals surface area (Å²) in [4.78, 5) is 11.2. The molecule has 0 aliphatic heterocycles. The van der Waals surface area contributed by atoms with E-state index in [2.05, 4.69) is 12.2 Å². The zero-order valence-electron chi connectivity index (χ0n) is 10.6. The molecular formula is C14H20N2O2. The summed E-state index contributed by atoms with van der Waals surface area (Å²) in [6, 6.07) is 5.30. The van der Waals surface area contributed by atoms with Crippen LogP contribution in [0.4, 0.5) is 11.4 Å². The number of nitrogens with two attached hydrogens (primary N) is 1. The maximum Gasteiger partial charge on any atom is 0.337 e. The SMILES string of the molecule is CCC(CC1CC1)Nc1c(N)cccc1C(=O)O. The maximum atomic E-state index is 11.2. The molecule has 0 saturated heterocycles. The summed E-state index contributed by atoms with van der Waals surface area (Å²) >= 11 is 0. The molecule has 2 rings (SSSR count). The number of hydrogen-bond acceptors (Lipinski definition) is 3. The number of rotatable bonds is 6. The number of nitrogens with one attached hydrogen (secondary N) is 1. The molecule has 0 radical (unpaired) electrons. The Kier molecular flexibility index (Phi) is 3.75. The zero-order chi connectivity index (χ0) is 13.1. The quantitative estimate of drug-likeness (QED) is 0.676. The van der Waals surface area contributed by atoms with Gasteiger partial charge in [-0.25, -0.2) is 4.79 Å². The Morgan fingerprint density at radius 2 is 2.28 bits per heavy atom. The van der Waals surface area contributed by atoms with Gasteiger partial charge in [-0.1, -0.05) is 25.8 Å². The van der Waals surface area contributed by atoms with Gasteiger partial charge in [0.15, 0.2) is 0 Å². The average Bonchev–Trinajstić information content (AvgIpc) is 3.14. The standard InChI is InChI=1S/C14H20N2O2/c1-2-10(8-9-6-7-9)16-13-11(14(17)18)4-3-5-12(13)15/h3-5,9-10,16H,2,6-8,15H2,1H3,(H,17,18). The molecule has 18 heavy (non-hydrogen) atoms. The van der Waals surface area contributed by atoms with Crippen LogP contribution >= 0.6 is 0 Å². The van der Waals surface area contributed by atoms with Crippen LogP contribution in [0.2, 0.25) is 0 Å². The van der Waals surface area contributed by atoms with E-state index in [1.807, 2.05) is 0 Å². The van der Waals surface area contributed by atoms with E-state index in [1.54, 1.807) is 18.2 Å². The highest BCUT2D eigenvalue weighted by atomic mass is 16.4. The van der Waals surface area contributed by atoms with Gasteiger partial charge in [0.1, 0.15) is 0 Å². The van der Waals surface area contributed by atoms with Gasteiger partial charge in [-0.15, -0.1) is 0 Å². The minimum atomic E-state index is -0.939. The highest BCUT2D eigenvalue weighted by Gasteiger charge is 2.25. The van der Waals surface area contributed by atoms with Gasteiger partial charge in [0.25, 0.3) is 0 Å². The Balaban J connectivity index is 2.17. The number of benzene rings is 1. The number of hydrogen-bond donors (Lipinski definition) is 3. The Morgan fingerprint density at radius 3 is 2.83 bits per heavy atom. The second kappa shape index (κ2) is 5.29. The van der Waals surface area contributed by atoms with E-state index >= 15 is 0 Å². The fraction of sp³-hybridized carbons (Fsp3) is 0.500. The molecule has 0 amide bonds. The van der Waals surface area contributed by atoms with E-state index in [0.29, 0.717) is 17.4 Å². The lowest BCUT2D eigenvalue weighted by atomic mass is 10.1. The molecule has 4 N–H and O–H groups in total. The summed E-state index contributed by atoms with van der Waals surface area (Å²) in [6.07, 6.45) is 4.68. The first-order valence-electron chi connectivity index (χ1n) is 6.50. The first kappa shape index (κ1) is 12.7. The Morgan fingerprint density at radius 1 is 1.56 bits per heavy atom. The third-order valence-electron chi connectivity index (χ3n) is 3.48. The summed E-state index contributed by atoms with van der Waals surface area (Å²) in [6.45, 7) is 2.11. The van der Waals surface area contributed by atoms with Crippen LogP contribution in [0, 0.1) is 5.92 Å². The number of aromatic carboxylic acids is 1. The highest BCUT2D eigenvalue weighted by Crippen LogP contribution is 2.35. The van der Waals surface area contributed by atoms with Gasteiger partial charge in [0, 0.05) is 6.04 Å². The number of carbonyl (C=O) groups is 1. The van der Waals surface area contributed by atoms with Crippen LogP contribution in [-0.4, -0.2) is 17.1 Å².